The van der Waals surface area contributed by atoms with Crippen molar-refractivity contribution < 1.29 is 4.74 Å². The maximum absolute atomic E-state index is 5.25. The molecule has 1 heterocycles. The topological polar surface area (TPSA) is 27.1 Å². The zero-order valence-corrected chi connectivity index (χ0v) is 7.58. The van der Waals surface area contributed by atoms with E-state index in [4.69, 9.17) is 4.74 Å². The second-order valence-electron chi connectivity index (χ2n) is 3.19. The Morgan fingerprint density at radius 1 is 1.67 bits per heavy atom. The van der Waals surface area contributed by atoms with Crippen LogP contribution in [0.3, 0.4) is 0 Å². The third kappa shape index (κ3) is 1.09. The monoisotopic (exact) mass is 166 g/mol. The normalized spacial score (nSPS) is 16.5. The predicted molar refractivity (Wildman–Crippen MR) is 46.4 cm³/mol. The third-order valence-electron chi connectivity index (χ3n) is 2.33. The van der Waals surface area contributed by atoms with E-state index in [1.54, 1.807) is 7.11 Å². The van der Waals surface area contributed by atoms with Crippen LogP contribution in [0, 0.1) is 0 Å². The van der Waals surface area contributed by atoms with Gasteiger partial charge in [0.05, 0.1) is 19.0 Å². The molecule has 1 saturated carbocycles. The van der Waals surface area contributed by atoms with Crippen molar-refractivity contribution in [3.8, 4) is 5.75 Å². The fourth-order valence-electron chi connectivity index (χ4n) is 1.56. The number of aromatic nitrogens is 2. The molecule has 0 amide bonds. The summed E-state index contributed by atoms with van der Waals surface area (Å²) in [6, 6.07) is 0. The average Bonchev–Trinajstić information content (AvgIpc) is 2.85. The first-order valence-electron chi connectivity index (χ1n) is 4.46. The van der Waals surface area contributed by atoms with Crippen molar-refractivity contribution in [1.82, 2.24) is 9.78 Å². The average molecular weight is 166 g/mol. The van der Waals surface area contributed by atoms with Crippen LogP contribution in [-0.2, 0) is 6.54 Å². The molecular formula is C9H14N2O. The molecule has 1 aliphatic carbocycles. The highest BCUT2D eigenvalue weighted by Crippen LogP contribution is 2.44. The number of aryl methyl sites for hydroxylation is 1. The Kier molecular flexibility index (Phi) is 1.79. The molecule has 0 N–H and O–H groups in total. The lowest BCUT2D eigenvalue weighted by atomic mass is 10.3. The van der Waals surface area contributed by atoms with E-state index in [-0.39, 0.29) is 0 Å². The Bertz CT molecular complexity index is 255. The second kappa shape index (κ2) is 2.81. The largest absolute Gasteiger partial charge is 0.493 e. The zero-order chi connectivity index (χ0) is 8.55. The molecule has 3 nitrogen and oxygen atoms in total. The summed E-state index contributed by atoms with van der Waals surface area (Å²) in [7, 11) is 1.71. The molecule has 66 valence electrons. The molecule has 12 heavy (non-hydrogen) atoms. The Morgan fingerprint density at radius 2 is 2.42 bits per heavy atom. The van der Waals surface area contributed by atoms with E-state index in [1.807, 2.05) is 10.9 Å². The van der Waals surface area contributed by atoms with Gasteiger partial charge in [-0.3, -0.25) is 4.68 Å². The Labute approximate surface area is 72.3 Å². The van der Waals surface area contributed by atoms with Crippen LogP contribution >= 0.6 is 0 Å². The molecular weight excluding hydrogens is 152 g/mol. The minimum atomic E-state index is 0.711. The van der Waals surface area contributed by atoms with E-state index in [1.165, 1.54) is 18.5 Å². The van der Waals surface area contributed by atoms with Gasteiger partial charge in [0.2, 0.25) is 0 Å². The number of rotatable bonds is 3. The first-order chi connectivity index (χ1) is 5.86. The maximum atomic E-state index is 5.25. The first-order valence-corrected chi connectivity index (χ1v) is 4.46. The van der Waals surface area contributed by atoms with Crippen LogP contribution in [0.2, 0.25) is 0 Å². The molecule has 2 rings (SSSR count). The molecule has 1 aromatic heterocycles. The van der Waals surface area contributed by atoms with Crippen molar-refractivity contribution in [2.24, 2.45) is 0 Å². The lowest BCUT2D eigenvalue weighted by molar-refractivity contribution is 0.407. The molecule has 1 fully saturated rings. The lowest BCUT2D eigenvalue weighted by Gasteiger charge is -2.04. The highest BCUT2D eigenvalue weighted by atomic mass is 16.5. The van der Waals surface area contributed by atoms with E-state index in [0.717, 1.165) is 12.3 Å². The van der Waals surface area contributed by atoms with Crippen LogP contribution in [0.15, 0.2) is 6.20 Å². The third-order valence-corrected chi connectivity index (χ3v) is 2.33. The van der Waals surface area contributed by atoms with Crippen molar-refractivity contribution >= 4 is 0 Å². The molecule has 0 atom stereocenters. The van der Waals surface area contributed by atoms with E-state index in [0.29, 0.717) is 5.92 Å². The van der Waals surface area contributed by atoms with Gasteiger partial charge >= 0.3 is 0 Å². The SMILES string of the molecule is CCn1ncc(OC)c1C1CC1. The quantitative estimate of drug-likeness (QED) is 0.684. The molecule has 0 saturated heterocycles. The van der Waals surface area contributed by atoms with Crippen molar-refractivity contribution in [3.05, 3.63) is 11.9 Å². The van der Waals surface area contributed by atoms with Gasteiger partial charge in [-0.05, 0) is 19.8 Å². The van der Waals surface area contributed by atoms with Crippen molar-refractivity contribution in [2.45, 2.75) is 32.2 Å². The molecule has 0 unspecified atom stereocenters. The van der Waals surface area contributed by atoms with Crippen LogP contribution in [0.4, 0.5) is 0 Å². The summed E-state index contributed by atoms with van der Waals surface area (Å²) in [5.41, 5.74) is 1.29. The van der Waals surface area contributed by atoms with E-state index in [2.05, 4.69) is 12.0 Å². The van der Waals surface area contributed by atoms with E-state index in [9.17, 15) is 0 Å². The van der Waals surface area contributed by atoms with Crippen molar-refractivity contribution in [1.29, 1.82) is 0 Å². The summed E-state index contributed by atoms with van der Waals surface area (Å²) < 4.78 is 7.28. The van der Waals surface area contributed by atoms with Gasteiger partial charge < -0.3 is 4.74 Å². The van der Waals surface area contributed by atoms with E-state index >= 15 is 0 Å². The number of hydrogen-bond acceptors (Lipinski definition) is 2. The fraction of sp³-hybridized carbons (Fsp3) is 0.667. The molecule has 0 aliphatic heterocycles. The number of ether oxygens (including phenoxy) is 1. The molecule has 0 radical (unpaired) electrons. The van der Waals surface area contributed by atoms with Gasteiger partial charge in [0.25, 0.3) is 0 Å². The van der Waals surface area contributed by atoms with Gasteiger partial charge in [-0.2, -0.15) is 5.10 Å². The summed E-state index contributed by atoms with van der Waals surface area (Å²) in [6.07, 6.45) is 4.40. The van der Waals surface area contributed by atoms with Gasteiger partial charge in [0.15, 0.2) is 5.75 Å². The van der Waals surface area contributed by atoms with Crippen LogP contribution in [0.5, 0.6) is 5.75 Å². The Hall–Kier alpha value is -0.990. The van der Waals surface area contributed by atoms with Crippen LogP contribution in [-0.4, -0.2) is 16.9 Å². The fourth-order valence-corrected chi connectivity index (χ4v) is 1.56. The molecule has 1 aliphatic rings. The Morgan fingerprint density at radius 3 is 2.92 bits per heavy atom. The Balaban J connectivity index is 2.36. The van der Waals surface area contributed by atoms with Crippen LogP contribution in [0.25, 0.3) is 0 Å². The maximum Gasteiger partial charge on any atom is 0.160 e. The summed E-state index contributed by atoms with van der Waals surface area (Å²) in [5.74, 6) is 1.67. The summed E-state index contributed by atoms with van der Waals surface area (Å²) in [4.78, 5) is 0. The molecule has 0 spiro atoms. The molecule has 0 aromatic carbocycles. The number of nitrogens with zero attached hydrogens (tertiary/aromatic N) is 2. The second-order valence-corrected chi connectivity index (χ2v) is 3.19. The standard InChI is InChI=1S/C9H14N2O/c1-3-11-9(7-4-5-7)8(12-2)6-10-11/h6-7H,3-5H2,1-2H3. The number of hydrogen-bond donors (Lipinski definition) is 0. The molecule has 0 bridgehead atoms. The van der Waals surface area contributed by atoms with Gasteiger partial charge in [-0.15, -0.1) is 0 Å². The van der Waals surface area contributed by atoms with Crippen LogP contribution in [0.1, 0.15) is 31.4 Å². The summed E-state index contributed by atoms with van der Waals surface area (Å²) in [5, 5.41) is 4.26. The van der Waals surface area contributed by atoms with Gasteiger partial charge in [0, 0.05) is 12.5 Å². The minimum Gasteiger partial charge on any atom is -0.493 e. The van der Waals surface area contributed by atoms with Crippen LogP contribution < -0.4 is 4.74 Å². The molecule has 3 heteroatoms. The highest BCUT2D eigenvalue weighted by Gasteiger charge is 2.30. The predicted octanol–water partition coefficient (Wildman–Crippen LogP) is 1.79. The summed E-state index contributed by atoms with van der Waals surface area (Å²) in [6.45, 7) is 3.05. The smallest absolute Gasteiger partial charge is 0.160 e. The van der Waals surface area contributed by atoms with Gasteiger partial charge in [0.1, 0.15) is 0 Å². The van der Waals surface area contributed by atoms with E-state index < -0.39 is 0 Å². The summed E-state index contributed by atoms with van der Waals surface area (Å²) >= 11 is 0. The van der Waals surface area contributed by atoms with Gasteiger partial charge in [-0.25, -0.2) is 0 Å². The highest BCUT2D eigenvalue weighted by molar-refractivity contribution is 5.31. The van der Waals surface area contributed by atoms with Gasteiger partial charge in [-0.1, -0.05) is 0 Å². The number of methoxy groups -OCH3 is 1. The first kappa shape index (κ1) is 7.65. The lowest BCUT2D eigenvalue weighted by Crippen LogP contribution is -2.01. The van der Waals surface area contributed by atoms with Crippen molar-refractivity contribution in [3.63, 3.8) is 0 Å². The molecule has 1 aromatic rings. The van der Waals surface area contributed by atoms with Crippen molar-refractivity contribution in [2.75, 3.05) is 7.11 Å². The zero-order valence-electron chi connectivity index (χ0n) is 7.58. The minimum absolute atomic E-state index is 0.711.